The van der Waals surface area contributed by atoms with E-state index in [1.807, 2.05) is 30.3 Å². The van der Waals surface area contributed by atoms with E-state index in [0.717, 1.165) is 20.6 Å². The van der Waals surface area contributed by atoms with Gasteiger partial charge in [0, 0.05) is 9.50 Å². The summed E-state index contributed by atoms with van der Waals surface area (Å²) in [6, 6.07) is 13.8. The van der Waals surface area contributed by atoms with Gasteiger partial charge in [-0.3, -0.25) is 0 Å². The number of halogens is 3. The first-order valence-electron chi connectivity index (χ1n) is 5.23. The minimum absolute atomic E-state index is 0.148. The summed E-state index contributed by atoms with van der Waals surface area (Å²) < 4.78 is 1.04. The fourth-order valence-corrected chi connectivity index (χ4v) is 2.58. The Morgan fingerprint density at radius 1 is 1.06 bits per heavy atom. The van der Waals surface area contributed by atoms with Crippen LogP contribution in [-0.4, -0.2) is 0 Å². The zero-order valence-corrected chi connectivity index (χ0v) is 12.4. The van der Waals surface area contributed by atoms with Crippen LogP contribution in [0, 0.1) is 6.92 Å². The molecule has 88 valence electrons. The molecule has 17 heavy (non-hydrogen) atoms. The first-order chi connectivity index (χ1) is 8.08. The lowest BCUT2D eigenvalue weighted by Crippen LogP contribution is -1.96. The van der Waals surface area contributed by atoms with Crippen molar-refractivity contribution in [3.05, 3.63) is 68.7 Å². The van der Waals surface area contributed by atoms with E-state index >= 15 is 0 Å². The lowest BCUT2D eigenvalue weighted by atomic mass is 10.0. The molecule has 0 nitrogen and oxygen atoms in total. The molecule has 1 atom stereocenters. The van der Waals surface area contributed by atoms with Gasteiger partial charge in [-0.1, -0.05) is 45.7 Å². The van der Waals surface area contributed by atoms with Gasteiger partial charge in [-0.05, 0) is 47.9 Å². The second kappa shape index (κ2) is 5.43. The van der Waals surface area contributed by atoms with Gasteiger partial charge in [0.1, 0.15) is 0 Å². The van der Waals surface area contributed by atoms with Crippen molar-refractivity contribution in [2.75, 3.05) is 0 Å². The normalized spacial score (nSPS) is 12.5. The molecule has 0 bridgehead atoms. The van der Waals surface area contributed by atoms with Gasteiger partial charge in [-0.25, -0.2) is 0 Å². The zero-order valence-electron chi connectivity index (χ0n) is 9.25. The number of benzene rings is 2. The fraction of sp³-hybridized carbons (Fsp3) is 0.143. The Balaban J connectivity index is 2.39. The summed E-state index contributed by atoms with van der Waals surface area (Å²) in [7, 11) is 0. The number of alkyl halides is 1. The maximum atomic E-state index is 6.50. The van der Waals surface area contributed by atoms with E-state index in [0.29, 0.717) is 0 Å². The summed E-state index contributed by atoms with van der Waals surface area (Å²) in [5.74, 6) is 0. The van der Waals surface area contributed by atoms with Crippen LogP contribution in [0.2, 0.25) is 5.02 Å². The van der Waals surface area contributed by atoms with E-state index < -0.39 is 0 Å². The third-order valence-corrected chi connectivity index (χ3v) is 3.91. The molecule has 0 heterocycles. The smallest absolute Gasteiger partial charge is 0.0838 e. The minimum Gasteiger partial charge on any atom is -0.113 e. The van der Waals surface area contributed by atoms with Crippen molar-refractivity contribution in [1.82, 2.24) is 0 Å². The number of aryl methyl sites for hydroxylation is 1. The monoisotopic (exact) mass is 328 g/mol. The lowest BCUT2D eigenvalue weighted by molar-refractivity contribution is 1.11. The molecule has 0 saturated heterocycles. The molecule has 0 aliphatic rings. The Kier molecular flexibility index (Phi) is 4.13. The van der Waals surface area contributed by atoms with Crippen LogP contribution in [0.3, 0.4) is 0 Å². The van der Waals surface area contributed by atoms with Crippen molar-refractivity contribution in [1.29, 1.82) is 0 Å². The molecule has 0 N–H and O–H groups in total. The molecule has 2 aromatic carbocycles. The highest BCUT2D eigenvalue weighted by atomic mass is 79.9. The van der Waals surface area contributed by atoms with Crippen LogP contribution in [0.1, 0.15) is 22.1 Å². The van der Waals surface area contributed by atoms with Crippen LogP contribution in [0.25, 0.3) is 0 Å². The molecule has 0 amide bonds. The van der Waals surface area contributed by atoms with Crippen LogP contribution in [0.15, 0.2) is 46.9 Å². The minimum atomic E-state index is -0.148. The Bertz CT molecular complexity index is 520. The first kappa shape index (κ1) is 12.9. The topological polar surface area (TPSA) is 0 Å². The maximum absolute atomic E-state index is 6.50. The van der Waals surface area contributed by atoms with Gasteiger partial charge in [0.05, 0.1) is 5.38 Å². The van der Waals surface area contributed by atoms with Crippen molar-refractivity contribution in [3.8, 4) is 0 Å². The highest BCUT2D eigenvalue weighted by Gasteiger charge is 2.13. The molecule has 0 spiro atoms. The third-order valence-electron chi connectivity index (χ3n) is 2.68. The largest absolute Gasteiger partial charge is 0.113 e. The maximum Gasteiger partial charge on any atom is 0.0838 e. The van der Waals surface area contributed by atoms with Gasteiger partial charge < -0.3 is 0 Å². The van der Waals surface area contributed by atoms with Crippen LogP contribution < -0.4 is 0 Å². The molecular weight excluding hydrogens is 319 g/mol. The van der Waals surface area contributed by atoms with Gasteiger partial charge in [0.2, 0.25) is 0 Å². The second-order valence-corrected chi connectivity index (χ2v) is 5.70. The predicted molar refractivity (Wildman–Crippen MR) is 78.0 cm³/mol. The molecule has 2 aromatic rings. The molecule has 0 aliphatic heterocycles. The Morgan fingerprint density at radius 3 is 2.35 bits per heavy atom. The highest BCUT2D eigenvalue weighted by molar-refractivity contribution is 9.10. The standard InChI is InChI=1S/C14H11BrCl2/c1-9-2-5-11(15)8-13(9)14(17)10-3-6-12(16)7-4-10/h2-8,14H,1H3. The van der Waals surface area contributed by atoms with E-state index in [1.165, 1.54) is 5.56 Å². The summed E-state index contributed by atoms with van der Waals surface area (Å²) in [5, 5.41) is 0.577. The van der Waals surface area contributed by atoms with Gasteiger partial charge in [0.25, 0.3) is 0 Å². The summed E-state index contributed by atoms with van der Waals surface area (Å²) in [4.78, 5) is 0. The second-order valence-electron chi connectivity index (χ2n) is 3.92. The summed E-state index contributed by atoms with van der Waals surface area (Å²) in [6.45, 7) is 2.06. The average molecular weight is 330 g/mol. The Hall–Kier alpha value is -0.500. The fourth-order valence-electron chi connectivity index (χ4n) is 1.70. The average Bonchev–Trinajstić information content (AvgIpc) is 2.32. The van der Waals surface area contributed by atoms with E-state index in [4.69, 9.17) is 23.2 Å². The van der Waals surface area contributed by atoms with E-state index in [1.54, 1.807) is 0 Å². The molecule has 0 aromatic heterocycles. The molecule has 0 radical (unpaired) electrons. The SMILES string of the molecule is Cc1ccc(Br)cc1C(Cl)c1ccc(Cl)cc1. The first-order valence-corrected chi connectivity index (χ1v) is 6.84. The van der Waals surface area contributed by atoms with Gasteiger partial charge in [-0.2, -0.15) is 0 Å². The van der Waals surface area contributed by atoms with E-state index in [2.05, 4.69) is 35.0 Å². The van der Waals surface area contributed by atoms with E-state index in [9.17, 15) is 0 Å². The van der Waals surface area contributed by atoms with Crippen LogP contribution in [0.5, 0.6) is 0 Å². The van der Waals surface area contributed by atoms with Crippen molar-refractivity contribution < 1.29 is 0 Å². The van der Waals surface area contributed by atoms with Crippen LogP contribution in [0.4, 0.5) is 0 Å². The predicted octanol–water partition coefficient (Wildman–Crippen LogP) is 5.74. The van der Waals surface area contributed by atoms with Crippen molar-refractivity contribution in [3.63, 3.8) is 0 Å². The summed E-state index contributed by atoms with van der Waals surface area (Å²) in [6.07, 6.45) is 0. The van der Waals surface area contributed by atoms with Crippen molar-refractivity contribution in [2.45, 2.75) is 12.3 Å². The molecule has 2 rings (SSSR count). The van der Waals surface area contributed by atoms with Crippen LogP contribution >= 0.6 is 39.1 Å². The summed E-state index contributed by atoms with van der Waals surface area (Å²) in [5.41, 5.74) is 3.35. The van der Waals surface area contributed by atoms with Crippen molar-refractivity contribution in [2.24, 2.45) is 0 Å². The molecule has 3 heteroatoms. The highest BCUT2D eigenvalue weighted by Crippen LogP contribution is 2.33. The summed E-state index contributed by atoms with van der Waals surface area (Å²) >= 11 is 15.8. The molecule has 1 unspecified atom stereocenters. The van der Waals surface area contributed by atoms with Gasteiger partial charge in [0.15, 0.2) is 0 Å². The molecule has 0 fully saturated rings. The van der Waals surface area contributed by atoms with Crippen molar-refractivity contribution >= 4 is 39.1 Å². The van der Waals surface area contributed by atoms with E-state index in [-0.39, 0.29) is 5.38 Å². The lowest BCUT2D eigenvalue weighted by Gasteiger charge is -2.13. The molecular formula is C14H11BrCl2. The Labute approximate surface area is 120 Å². The number of rotatable bonds is 2. The third kappa shape index (κ3) is 3.04. The quantitative estimate of drug-likeness (QED) is 0.616. The molecule has 0 aliphatic carbocycles. The van der Waals surface area contributed by atoms with Crippen LogP contribution in [-0.2, 0) is 0 Å². The molecule has 0 saturated carbocycles. The van der Waals surface area contributed by atoms with Gasteiger partial charge >= 0.3 is 0 Å². The number of hydrogen-bond donors (Lipinski definition) is 0. The zero-order chi connectivity index (χ0) is 12.4. The Morgan fingerprint density at radius 2 is 1.71 bits per heavy atom. The number of hydrogen-bond acceptors (Lipinski definition) is 0. The van der Waals surface area contributed by atoms with Gasteiger partial charge in [-0.15, -0.1) is 11.6 Å².